The molecule has 1 N–H and O–H groups in total. The van der Waals surface area contributed by atoms with Crippen LogP contribution in [0.1, 0.15) is 18.3 Å². The molecule has 0 aliphatic carbocycles. The largest absolute Gasteiger partial charge is 0.433 e. The van der Waals surface area contributed by atoms with E-state index in [-0.39, 0.29) is 17.9 Å². The molecule has 2 rings (SSSR count). The van der Waals surface area contributed by atoms with Crippen LogP contribution in [0, 0.1) is 0 Å². The van der Waals surface area contributed by atoms with Crippen LogP contribution in [0.25, 0.3) is 0 Å². The number of anilines is 1. The third-order valence-corrected chi connectivity index (χ3v) is 2.53. The van der Waals surface area contributed by atoms with Crippen molar-refractivity contribution in [2.75, 3.05) is 5.32 Å². The molecule has 0 aliphatic rings. The Kier molecular flexibility index (Phi) is 4.20. The highest BCUT2D eigenvalue weighted by Crippen LogP contribution is 2.27. The average molecular weight is 299 g/mol. The average Bonchev–Trinajstić information content (AvgIpc) is 2.85. The van der Waals surface area contributed by atoms with E-state index in [2.05, 4.69) is 20.5 Å². The number of pyridine rings is 1. The first kappa shape index (κ1) is 14.9. The third kappa shape index (κ3) is 4.01. The van der Waals surface area contributed by atoms with Gasteiger partial charge >= 0.3 is 6.18 Å². The van der Waals surface area contributed by atoms with Crippen molar-refractivity contribution in [2.24, 2.45) is 0 Å². The van der Waals surface area contributed by atoms with Crippen molar-refractivity contribution >= 4 is 11.7 Å². The van der Waals surface area contributed by atoms with Gasteiger partial charge in [0.1, 0.15) is 5.69 Å². The highest BCUT2D eigenvalue weighted by molar-refractivity contribution is 5.90. The summed E-state index contributed by atoms with van der Waals surface area (Å²) in [6, 6.07) is 3.43. The second kappa shape index (κ2) is 5.90. The number of carbonyl (C=O) groups excluding carboxylic acids is 1. The first-order chi connectivity index (χ1) is 9.88. The fourth-order valence-corrected chi connectivity index (χ4v) is 1.59. The van der Waals surface area contributed by atoms with Gasteiger partial charge in [-0.3, -0.25) is 4.79 Å². The van der Waals surface area contributed by atoms with Gasteiger partial charge in [0.2, 0.25) is 5.91 Å². The lowest BCUT2D eigenvalue weighted by atomic mass is 10.2. The van der Waals surface area contributed by atoms with E-state index in [0.717, 1.165) is 6.07 Å². The molecule has 1 amide bonds. The minimum Gasteiger partial charge on any atom is -0.308 e. The lowest BCUT2D eigenvalue weighted by molar-refractivity contribution is -0.141. The van der Waals surface area contributed by atoms with Crippen LogP contribution in [0.15, 0.2) is 24.4 Å². The highest BCUT2D eigenvalue weighted by atomic mass is 19.4. The quantitative estimate of drug-likeness (QED) is 0.935. The predicted octanol–water partition coefficient (Wildman–Crippen LogP) is 1.89. The number of aryl methyl sites for hydroxylation is 1. The fourth-order valence-electron chi connectivity index (χ4n) is 1.59. The molecule has 0 bridgehead atoms. The molecule has 0 saturated carbocycles. The smallest absolute Gasteiger partial charge is 0.308 e. The van der Waals surface area contributed by atoms with Gasteiger partial charge in [0.15, 0.2) is 5.82 Å². The zero-order valence-corrected chi connectivity index (χ0v) is 11.1. The standard InChI is InChI=1S/C12H12F3N5O/c1-2-20-16-7-10(19-20)18-11(21)6-8-4-3-5-9(17-8)12(13,14)15/h3-5,7H,2,6H2,1H3,(H,18,19,21). The minimum absolute atomic E-state index is 0.0326. The Labute approximate surface area is 118 Å². The number of amides is 1. The first-order valence-corrected chi connectivity index (χ1v) is 6.11. The molecule has 21 heavy (non-hydrogen) atoms. The monoisotopic (exact) mass is 299 g/mol. The van der Waals surface area contributed by atoms with E-state index in [1.165, 1.54) is 23.1 Å². The Morgan fingerprint density at radius 2 is 2.14 bits per heavy atom. The summed E-state index contributed by atoms with van der Waals surface area (Å²) in [5.74, 6) is -0.265. The number of rotatable bonds is 4. The summed E-state index contributed by atoms with van der Waals surface area (Å²) in [5.41, 5.74) is -0.991. The van der Waals surface area contributed by atoms with E-state index >= 15 is 0 Å². The molecule has 0 unspecified atom stereocenters. The second-order valence-corrected chi connectivity index (χ2v) is 4.16. The topological polar surface area (TPSA) is 72.7 Å². The van der Waals surface area contributed by atoms with Crippen molar-refractivity contribution in [3.8, 4) is 0 Å². The molecule has 6 nitrogen and oxygen atoms in total. The highest BCUT2D eigenvalue weighted by Gasteiger charge is 2.32. The molecule has 0 aromatic carbocycles. The van der Waals surface area contributed by atoms with Crippen LogP contribution in [-0.4, -0.2) is 25.9 Å². The van der Waals surface area contributed by atoms with Crippen LogP contribution < -0.4 is 5.32 Å². The molecule has 0 aliphatic heterocycles. The van der Waals surface area contributed by atoms with Crippen molar-refractivity contribution in [3.63, 3.8) is 0 Å². The zero-order chi connectivity index (χ0) is 15.5. The molecule has 0 spiro atoms. The Bertz CT molecular complexity index is 638. The predicted molar refractivity (Wildman–Crippen MR) is 67.3 cm³/mol. The van der Waals surface area contributed by atoms with E-state index in [9.17, 15) is 18.0 Å². The fraction of sp³-hybridized carbons (Fsp3) is 0.333. The number of nitrogens with one attached hydrogen (secondary N) is 1. The summed E-state index contributed by atoms with van der Waals surface area (Å²) in [7, 11) is 0. The zero-order valence-electron chi connectivity index (χ0n) is 11.1. The van der Waals surface area contributed by atoms with Crippen molar-refractivity contribution in [1.29, 1.82) is 0 Å². The summed E-state index contributed by atoms with van der Waals surface area (Å²) >= 11 is 0. The molecule has 0 radical (unpaired) electrons. The van der Waals surface area contributed by atoms with Gasteiger partial charge in [-0.05, 0) is 19.1 Å². The first-order valence-electron chi connectivity index (χ1n) is 6.11. The van der Waals surface area contributed by atoms with Gasteiger partial charge in [-0.1, -0.05) is 6.07 Å². The molecular formula is C12H12F3N5O. The Balaban J connectivity index is 2.02. The molecule has 0 fully saturated rings. The number of aromatic nitrogens is 4. The number of hydrogen-bond donors (Lipinski definition) is 1. The van der Waals surface area contributed by atoms with E-state index in [4.69, 9.17) is 0 Å². The molecule has 2 aromatic heterocycles. The molecule has 2 heterocycles. The maximum Gasteiger partial charge on any atom is 0.433 e. The Hall–Kier alpha value is -2.45. The molecule has 2 aromatic rings. The molecule has 0 atom stereocenters. The normalized spacial score (nSPS) is 11.4. The van der Waals surface area contributed by atoms with Gasteiger partial charge in [0.05, 0.1) is 24.9 Å². The number of nitrogens with zero attached hydrogens (tertiary/aromatic N) is 4. The minimum atomic E-state index is -4.53. The van der Waals surface area contributed by atoms with Gasteiger partial charge in [-0.25, -0.2) is 4.98 Å². The van der Waals surface area contributed by atoms with Gasteiger partial charge in [-0.2, -0.15) is 23.1 Å². The van der Waals surface area contributed by atoms with Crippen molar-refractivity contribution in [3.05, 3.63) is 35.8 Å². The third-order valence-electron chi connectivity index (χ3n) is 2.53. The molecule has 0 saturated heterocycles. The van der Waals surface area contributed by atoms with Crippen LogP contribution in [0.4, 0.5) is 19.0 Å². The SMILES string of the molecule is CCn1ncc(NC(=O)Cc2cccc(C(F)(F)F)n2)n1. The Morgan fingerprint density at radius 3 is 2.76 bits per heavy atom. The molecule has 9 heteroatoms. The maximum absolute atomic E-state index is 12.5. The number of halogens is 3. The Morgan fingerprint density at radius 1 is 1.38 bits per heavy atom. The summed E-state index contributed by atoms with van der Waals surface area (Å²) in [6.45, 7) is 2.38. The van der Waals surface area contributed by atoms with Crippen LogP contribution >= 0.6 is 0 Å². The van der Waals surface area contributed by atoms with E-state index in [1.807, 2.05) is 6.92 Å². The van der Waals surface area contributed by atoms with Gasteiger partial charge in [0, 0.05) is 0 Å². The van der Waals surface area contributed by atoms with Crippen molar-refractivity contribution < 1.29 is 18.0 Å². The van der Waals surface area contributed by atoms with Crippen molar-refractivity contribution in [1.82, 2.24) is 20.0 Å². The van der Waals surface area contributed by atoms with Gasteiger partial charge in [0.25, 0.3) is 0 Å². The summed E-state index contributed by atoms with van der Waals surface area (Å²) in [5, 5.41) is 10.3. The lowest BCUT2D eigenvalue weighted by Crippen LogP contribution is -2.17. The van der Waals surface area contributed by atoms with E-state index in [1.54, 1.807) is 0 Å². The van der Waals surface area contributed by atoms with Crippen LogP contribution in [0.5, 0.6) is 0 Å². The van der Waals surface area contributed by atoms with E-state index < -0.39 is 17.8 Å². The maximum atomic E-state index is 12.5. The molecule has 112 valence electrons. The van der Waals surface area contributed by atoms with E-state index in [0.29, 0.717) is 6.54 Å². The van der Waals surface area contributed by atoms with Crippen LogP contribution in [-0.2, 0) is 23.9 Å². The van der Waals surface area contributed by atoms with Gasteiger partial charge < -0.3 is 5.32 Å². The van der Waals surface area contributed by atoms with Crippen molar-refractivity contribution in [2.45, 2.75) is 26.1 Å². The lowest BCUT2D eigenvalue weighted by Gasteiger charge is -2.07. The summed E-state index contributed by atoms with van der Waals surface area (Å²) in [4.78, 5) is 16.5. The van der Waals surface area contributed by atoms with Crippen LogP contribution in [0.2, 0.25) is 0 Å². The summed E-state index contributed by atoms with van der Waals surface area (Å²) in [6.07, 6.45) is -3.44. The summed E-state index contributed by atoms with van der Waals surface area (Å²) < 4.78 is 37.5. The number of alkyl halides is 3. The number of carbonyl (C=O) groups is 1. The second-order valence-electron chi connectivity index (χ2n) is 4.16. The van der Waals surface area contributed by atoms with Crippen LogP contribution in [0.3, 0.4) is 0 Å². The number of hydrogen-bond acceptors (Lipinski definition) is 4. The van der Waals surface area contributed by atoms with Gasteiger partial charge in [-0.15, -0.1) is 5.10 Å². The molecular weight excluding hydrogens is 287 g/mol.